The molecule has 2 saturated heterocycles. The molecule has 2 aliphatic rings. The van der Waals surface area contributed by atoms with E-state index in [1.807, 2.05) is 12.3 Å². The topological polar surface area (TPSA) is 128 Å². The van der Waals surface area contributed by atoms with Crippen LogP contribution in [0.1, 0.15) is 31.2 Å². The number of hydrogen-bond acceptors (Lipinski definition) is 6. The Balaban J connectivity index is 0.000000362. The molecule has 1 atom stereocenters. The summed E-state index contributed by atoms with van der Waals surface area (Å²) in [6.45, 7) is 3.34. The van der Waals surface area contributed by atoms with Crippen molar-refractivity contribution in [3.63, 3.8) is 0 Å². The van der Waals surface area contributed by atoms with E-state index in [1.165, 1.54) is 11.8 Å². The first-order chi connectivity index (χ1) is 15.9. The van der Waals surface area contributed by atoms with Gasteiger partial charge in [0.05, 0.1) is 6.26 Å². The number of aliphatic carboxylic acids is 2. The lowest BCUT2D eigenvalue weighted by molar-refractivity contribution is -0.193. The molecule has 1 spiro atoms. The highest BCUT2D eigenvalue weighted by molar-refractivity contribution is 7.88. The molecule has 0 saturated carbocycles. The summed E-state index contributed by atoms with van der Waals surface area (Å²) in [6.07, 6.45) is -1.10. The van der Waals surface area contributed by atoms with Crippen molar-refractivity contribution in [1.29, 1.82) is 0 Å². The zero-order valence-electron chi connectivity index (χ0n) is 18.5. The Morgan fingerprint density at radius 3 is 2.00 bits per heavy atom. The fraction of sp³-hybridized carbons (Fsp3) is 0.632. The molecule has 0 amide bonds. The number of sulfonamides is 1. The fourth-order valence-corrected chi connectivity index (χ4v) is 5.23. The van der Waals surface area contributed by atoms with E-state index in [4.69, 9.17) is 19.8 Å². The lowest BCUT2D eigenvalue weighted by atomic mass is 9.88. The van der Waals surface area contributed by atoms with Gasteiger partial charge in [-0.3, -0.25) is 9.88 Å². The molecular formula is C19H25F6N3O6S. The molecule has 1 unspecified atom stereocenters. The molecule has 0 bridgehead atoms. The van der Waals surface area contributed by atoms with Crippen molar-refractivity contribution in [3.8, 4) is 0 Å². The molecule has 2 aliphatic heterocycles. The van der Waals surface area contributed by atoms with E-state index in [0.717, 1.165) is 45.3 Å². The molecule has 2 fully saturated rings. The Morgan fingerprint density at radius 2 is 1.57 bits per heavy atom. The number of carboxylic acid groups (broad SMARTS) is 2. The van der Waals surface area contributed by atoms with Crippen LogP contribution in [0.15, 0.2) is 24.5 Å². The maximum Gasteiger partial charge on any atom is 0.490 e. The molecule has 200 valence electrons. The van der Waals surface area contributed by atoms with Crippen LogP contribution in [0.3, 0.4) is 0 Å². The minimum absolute atomic E-state index is 0.173. The van der Waals surface area contributed by atoms with Crippen molar-refractivity contribution >= 4 is 22.0 Å². The van der Waals surface area contributed by atoms with Crippen molar-refractivity contribution in [2.24, 2.45) is 0 Å². The molecule has 16 heteroatoms. The van der Waals surface area contributed by atoms with E-state index in [1.54, 1.807) is 10.5 Å². The largest absolute Gasteiger partial charge is 0.490 e. The van der Waals surface area contributed by atoms with Gasteiger partial charge in [-0.1, -0.05) is 12.5 Å². The molecular weight excluding hydrogens is 512 g/mol. The van der Waals surface area contributed by atoms with Crippen LogP contribution in [0.25, 0.3) is 0 Å². The molecule has 0 aromatic carbocycles. The number of carboxylic acids is 2. The van der Waals surface area contributed by atoms with Crippen LogP contribution in [0.5, 0.6) is 0 Å². The molecule has 0 radical (unpaired) electrons. The number of piperidine rings is 1. The third kappa shape index (κ3) is 9.97. The van der Waals surface area contributed by atoms with Gasteiger partial charge < -0.3 is 10.2 Å². The zero-order valence-corrected chi connectivity index (χ0v) is 19.3. The quantitative estimate of drug-likeness (QED) is 0.564. The molecule has 35 heavy (non-hydrogen) atoms. The molecule has 3 heterocycles. The van der Waals surface area contributed by atoms with E-state index < -0.39 is 34.3 Å². The van der Waals surface area contributed by atoms with Crippen molar-refractivity contribution in [3.05, 3.63) is 30.1 Å². The van der Waals surface area contributed by atoms with Crippen LogP contribution < -0.4 is 0 Å². The molecule has 2 N–H and O–H groups in total. The van der Waals surface area contributed by atoms with Gasteiger partial charge in [0.25, 0.3) is 0 Å². The van der Waals surface area contributed by atoms with Crippen LogP contribution >= 0.6 is 0 Å². The van der Waals surface area contributed by atoms with E-state index >= 15 is 0 Å². The van der Waals surface area contributed by atoms with Crippen LogP contribution in [0.2, 0.25) is 0 Å². The first-order valence-corrected chi connectivity index (χ1v) is 11.9. The number of likely N-dealkylation sites (tertiary alicyclic amines) is 1. The predicted molar refractivity (Wildman–Crippen MR) is 110 cm³/mol. The lowest BCUT2D eigenvalue weighted by Gasteiger charge is -2.43. The Labute approximate surface area is 197 Å². The van der Waals surface area contributed by atoms with Gasteiger partial charge in [0.1, 0.15) is 0 Å². The number of pyridine rings is 1. The number of rotatable bonds is 3. The third-order valence-electron chi connectivity index (χ3n) is 5.21. The average molecular weight is 537 g/mol. The van der Waals surface area contributed by atoms with E-state index in [2.05, 4.69) is 16.0 Å². The summed E-state index contributed by atoms with van der Waals surface area (Å²) in [5, 5.41) is 14.2. The predicted octanol–water partition coefficient (Wildman–Crippen LogP) is 2.74. The second-order valence-corrected chi connectivity index (χ2v) is 9.85. The average Bonchev–Trinajstić information content (AvgIpc) is 3.10. The second kappa shape index (κ2) is 12.0. The van der Waals surface area contributed by atoms with Gasteiger partial charge in [-0.25, -0.2) is 18.0 Å². The standard InChI is InChI=1S/C15H23N3O2S.2C2HF3O2/c1-21(19,20)18-9-3-2-6-15(18)7-10-17(13-15)12-14-5-4-8-16-11-14;2*3-2(4,5)1(6)7/h4-5,8,11H,2-3,6-7,9-10,12-13H2,1H3;2*(H,6,7). The zero-order chi connectivity index (χ0) is 27.1. The number of nitrogens with zero attached hydrogens (tertiary/aromatic N) is 3. The highest BCUT2D eigenvalue weighted by atomic mass is 32.2. The van der Waals surface area contributed by atoms with Crippen molar-refractivity contribution in [2.75, 3.05) is 25.9 Å². The van der Waals surface area contributed by atoms with Gasteiger partial charge >= 0.3 is 24.3 Å². The van der Waals surface area contributed by atoms with E-state index in [-0.39, 0.29) is 5.54 Å². The van der Waals surface area contributed by atoms with Gasteiger partial charge in [-0.2, -0.15) is 30.6 Å². The van der Waals surface area contributed by atoms with Crippen molar-refractivity contribution in [1.82, 2.24) is 14.2 Å². The van der Waals surface area contributed by atoms with Gasteiger partial charge in [-0.05, 0) is 30.9 Å². The molecule has 3 rings (SSSR count). The summed E-state index contributed by atoms with van der Waals surface area (Å²) in [5.41, 5.74) is 1.02. The summed E-state index contributed by atoms with van der Waals surface area (Å²) < 4.78 is 89.5. The van der Waals surface area contributed by atoms with Crippen LogP contribution in [0, 0.1) is 0 Å². The first-order valence-electron chi connectivity index (χ1n) is 10.1. The fourth-order valence-electron chi connectivity index (χ4n) is 3.82. The minimum atomic E-state index is -5.08. The van der Waals surface area contributed by atoms with Crippen LogP contribution in [0.4, 0.5) is 26.3 Å². The number of hydrogen-bond donors (Lipinski definition) is 2. The third-order valence-corrected chi connectivity index (χ3v) is 6.58. The lowest BCUT2D eigenvalue weighted by Crippen LogP contribution is -2.55. The van der Waals surface area contributed by atoms with Gasteiger partial charge in [0.2, 0.25) is 10.0 Å². The van der Waals surface area contributed by atoms with Crippen molar-refractivity contribution in [2.45, 2.75) is 50.1 Å². The minimum Gasteiger partial charge on any atom is -0.475 e. The van der Waals surface area contributed by atoms with Gasteiger partial charge in [-0.15, -0.1) is 0 Å². The monoisotopic (exact) mass is 537 g/mol. The van der Waals surface area contributed by atoms with Crippen molar-refractivity contribution < 1.29 is 54.6 Å². The summed E-state index contributed by atoms with van der Waals surface area (Å²) in [7, 11) is -3.12. The van der Waals surface area contributed by atoms with Gasteiger partial charge in [0.15, 0.2) is 0 Å². The van der Waals surface area contributed by atoms with E-state index in [9.17, 15) is 34.8 Å². The molecule has 9 nitrogen and oxygen atoms in total. The number of aromatic nitrogens is 1. The maximum absolute atomic E-state index is 12.1. The van der Waals surface area contributed by atoms with Crippen LogP contribution in [-0.4, -0.2) is 88.5 Å². The first kappa shape index (κ1) is 30.6. The normalized spacial score (nSPS) is 21.5. The molecule has 0 aliphatic carbocycles. The van der Waals surface area contributed by atoms with Gasteiger partial charge in [0, 0.05) is 44.1 Å². The van der Waals surface area contributed by atoms with E-state index in [0.29, 0.717) is 6.54 Å². The Bertz CT molecular complexity index is 934. The Hall–Kier alpha value is -2.46. The Kier molecular flexibility index (Phi) is 10.5. The summed E-state index contributed by atoms with van der Waals surface area (Å²) in [6, 6.07) is 4.03. The smallest absolute Gasteiger partial charge is 0.475 e. The highest BCUT2D eigenvalue weighted by Gasteiger charge is 2.47. The second-order valence-electron chi connectivity index (χ2n) is 7.94. The SMILES string of the molecule is CS(=O)(=O)N1CCCCC12CCN(Cc1cccnc1)C2.O=C(O)C(F)(F)F.O=C(O)C(F)(F)F. The molecule has 1 aromatic rings. The van der Waals surface area contributed by atoms with Crippen LogP contribution in [-0.2, 0) is 26.2 Å². The number of halogens is 6. The number of carbonyl (C=O) groups is 2. The summed E-state index contributed by atoms with van der Waals surface area (Å²) >= 11 is 0. The summed E-state index contributed by atoms with van der Waals surface area (Å²) in [5.74, 6) is -5.51. The maximum atomic E-state index is 12.1. The molecule has 1 aromatic heterocycles. The highest BCUT2D eigenvalue weighted by Crippen LogP contribution is 2.38. The number of alkyl halides is 6. The Morgan fingerprint density at radius 1 is 1.03 bits per heavy atom. The summed E-state index contributed by atoms with van der Waals surface area (Å²) in [4.78, 5) is 24.3.